The van der Waals surface area contributed by atoms with Crippen molar-refractivity contribution in [2.75, 3.05) is 18.0 Å². The topological polar surface area (TPSA) is 20.5 Å². The van der Waals surface area contributed by atoms with Gasteiger partial charge in [0, 0.05) is 48.1 Å². The van der Waals surface area contributed by atoms with Crippen LogP contribution < -0.4 is 4.90 Å². The van der Waals surface area contributed by atoms with Crippen molar-refractivity contribution in [1.82, 2.24) is 9.38 Å². The van der Waals surface area contributed by atoms with Crippen molar-refractivity contribution in [2.24, 2.45) is 0 Å². The second kappa shape index (κ2) is 5.76. The van der Waals surface area contributed by atoms with Gasteiger partial charge in [-0.05, 0) is 24.5 Å². The number of imidazole rings is 1. The molecule has 0 spiro atoms. The van der Waals surface area contributed by atoms with Crippen molar-refractivity contribution in [2.45, 2.75) is 18.2 Å². The smallest absolute Gasteiger partial charge is 0.139 e. The Morgan fingerprint density at radius 2 is 1.82 bits per heavy atom. The van der Waals surface area contributed by atoms with Crippen molar-refractivity contribution < 1.29 is 0 Å². The molecule has 0 atom stereocenters. The summed E-state index contributed by atoms with van der Waals surface area (Å²) in [4.78, 5) is 7.24. The fourth-order valence-corrected chi connectivity index (χ4v) is 3.42. The van der Waals surface area contributed by atoms with Gasteiger partial charge >= 0.3 is 0 Å². The van der Waals surface area contributed by atoms with Crippen LogP contribution in [0.3, 0.4) is 0 Å². The van der Waals surface area contributed by atoms with E-state index in [2.05, 4.69) is 74.0 Å². The lowest BCUT2D eigenvalue weighted by atomic mass is 10.1. The van der Waals surface area contributed by atoms with Gasteiger partial charge in [0.15, 0.2) is 0 Å². The summed E-state index contributed by atoms with van der Waals surface area (Å²) in [5.41, 5.74) is 5.78. The number of anilines is 1. The molecule has 0 saturated carbocycles. The van der Waals surface area contributed by atoms with Gasteiger partial charge in [-0.1, -0.05) is 40.2 Å². The van der Waals surface area contributed by atoms with Crippen LogP contribution in [0.2, 0.25) is 0 Å². The van der Waals surface area contributed by atoms with Gasteiger partial charge in [-0.2, -0.15) is 0 Å². The zero-order valence-electron chi connectivity index (χ0n) is 12.4. The van der Waals surface area contributed by atoms with E-state index in [-0.39, 0.29) is 0 Å². The molecule has 0 bridgehead atoms. The van der Waals surface area contributed by atoms with E-state index in [1.54, 1.807) is 0 Å². The standard InChI is InChI=1S/C18H18BrN3/c19-12-14-3-5-15(6-4-14)17-13-22-10-7-16(11-18(22)20-17)21-8-1-2-9-21/h3-7,10-11,13H,1-2,8-9,12H2. The molecule has 1 fully saturated rings. The predicted octanol–water partition coefficient (Wildman–Crippen LogP) is 4.50. The minimum absolute atomic E-state index is 0.887. The highest BCUT2D eigenvalue weighted by Gasteiger charge is 2.13. The predicted molar refractivity (Wildman–Crippen MR) is 94.7 cm³/mol. The summed E-state index contributed by atoms with van der Waals surface area (Å²) in [5, 5.41) is 0.887. The van der Waals surface area contributed by atoms with E-state index in [0.717, 1.165) is 35.3 Å². The largest absolute Gasteiger partial charge is 0.371 e. The first-order valence-corrected chi connectivity index (χ1v) is 8.84. The summed E-state index contributed by atoms with van der Waals surface area (Å²) >= 11 is 3.48. The Hall–Kier alpha value is -1.81. The van der Waals surface area contributed by atoms with E-state index in [1.165, 1.54) is 24.1 Å². The van der Waals surface area contributed by atoms with Crippen molar-refractivity contribution in [3.05, 3.63) is 54.4 Å². The average Bonchev–Trinajstić information content (AvgIpc) is 3.23. The summed E-state index contributed by atoms with van der Waals surface area (Å²) in [6, 6.07) is 13.0. The second-order valence-corrected chi connectivity index (χ2v) is 6.36. The fourth-order valence-electron chi connectivity index (χ4n) is 3.05. The zero-order chi connectivity index (χ0) is 14.9. The first-order valence-electron chi connectivity index (χ1n) is 7.72. The molecule has 3 aromatic rings. The molecular weight excluding hydrogens is 338 g/mol. The van der Waals surface area contributed by atoms with Crippen LogP contribution in [0.1, 0.15) is 18.4 Å². The van der Waals surface area contributed by atoms with Gasteiger partial charge in [0.05, 0.1) is 5.69 Å². The molecule has 0 aliphatic carbocycles. The Labute approximate surface area is 138 Å². The maximum absolute atomic E-state index is 4.80. The number of aromatic nitrogens is 2. The number of alkyl halides is 1. The molecule has 0 unspecified atom stereocenters. The highest BCUT2D eigenvalue weighted by atomic mass is 79.9. The lowest BCUT2D eigenvalue weighted by Crippen LogP contribution is -2.17. The van der Waals surface area contributed by atoms with Gasteiger partial charge in [-0.25, -0.2) is 4.98 Å². The highest BCUT2D eigenvalue weighted by Crippen LogP contribution is 2.24. The second-order valence-electron chi connectivity index (χ2n) is 5.80. The minimum Gasteiger partial charge on any atom is -0.371 e. The number of benzene rings is 1. The third-order valence-electron chi connectivity index (χ3n) is 4.32. The molecule has 4 rings (SSSR count). The van der Waals surface area contributed by atoms with Crippen LogP contribution in [-0.2, 0) is 5.33 Å². The number of halogens is 1. The lowest BCUT2D eigenvalue weighted by Gasteiger charge is -2.17. The first kappa shape index (κ1) is 13.8. The summed E-state index contributed by atoms with van der Waals surface area (Å²) in [6.07, 6.45) is 6.81. The van der Waals surface area contributed by atoms with Crippen molar-refractivity contribution in [3.8, 4) is 11.3 Å². The van der Waals surface area contributed by atoms with Gasteiger partial charge in [0.1, 0.15) is 5.65 Å². The Morgan fingerprint density at radius 3 is 2.55 bits per heavy atom. The van der Waals surface area contributed by atoms with Crippen LogP contribution in [0.25, 0.3) is 16.9 Å². The van der Waals surface area contributed by atoms with Gasteiger partial charge in [-0.15, -0.1) is 0 Å². The number of pyridine rings is 1. The van der Waals surface area contributed by atoms with Crippen molar-refractivity contribution in [3.63, 3.8) is 0 Å². The maximum Gasteiger partial charge on any atom is 0.139 e. The minimum atomic E-state index is 0.887. The number of hydrogen-bond donors (Lipinski definition) is 0. The molecule has 0 N–H and O–H groups in total. The monoisotopic (exact) mass is 355 g/mol. The molecule has 1 aliphatic heterocycles. The van der Waals surface area contributed by atoms with Crippen LogP contribution in [0.5, 0.6) is 0 Å². The van der Waals surface area contributed by atoms with E-state index in [4.69, 9.17) is 4.98 Å². The number of fused-ring (bicyclic) bond motifs is 1. The molecule has 4 heteroatoms. The third kappa shape index (κ3) is 2.52. The van der Waals surface area contributed by atoms with Crippen LogP contribution >= 0.6 is 15.9 Å². The fraction of sp³-hybridized carbons (Fsp3) is 0.278. The van der Waals surface area contributed by atoms with Crippen molar-refractivity contribution >= 4 is 27.3 Å². The van der Waals surface area contributed by atoms with E-state index < -0.39 is 0 Å². The molecule has 0 radical (unpaired) electrons. The quantitative estimate of drug-likeness (QED) is 0.645. The number of hydrogen-bond acceptors (Lipinski definition) is 2. The summed E-state index contributed by atoms with van der Waals surface area (Å²) < 4.78 is 2.10. The Kier molecular flexibility index (Phi) is 3.62. The zero-order valence-corrected chi connectivity index (χ0v) is 14.0. The third-order valence-corrected chi connectivity index (χ3v) is 4.97. The molecule has 22 heavy (non-hydrogen) atoms. The Balaban J connectivity index is 1.70. The lowest BCUT2D eigenvalue weighted by molar-refractivity contribution is 0.949. The molecule has 3 nitrogen and oxygen atoms in total. The summed E-state index contributed by atoms with van der Waals surface area (Å²) in [6.45, 7) is 2.33. The van der Waals surface area contributed by atoms with E-state index >= 15 is 0 Å². The SMILES string of the molecule is BrCc1ccc(-c2cn3ccc(N4CCCC4)cc3n2)cc1. The maximum atomic E-state index is 4.80. The summed E-state index contributed by atoms with van der Waals surface area (Å²) in [5.74, 6) is 0. The van der Waals surface area contributed by atoms with Crippen LogP contribution in [0, 0.1) is 0 Å². The molecule has 1 aromatic carbocycles. The first-order chi connectivity index (χ1) is 10.8. The van der Waals surface area contributed by atoms with Gasteiger partial charge in [-0.3, -0.25) is 0 Å². The number of nitrogens with zero attached hydrogens (tertiary/aromatic N) is 3. The van der Waals surface area contributed by atoms with E-state index in [9.17, 15) is 0 Å². The van der Waals surface area contributed by atoms with E-state index in [0.29, 0.717) is 0 Å². The Bertz CT molecular complexity index is 786. The van der Waals surface area contributed by atoms with Gasteiger partial charge in [0.25, 0.3) is 0 Å². The molecule has 0 amide bonds. The molecule has 2 aromatic heterocycles. The van der Waals surface area contributed by atoms with Crippen LogP contribution in [0.15, 0.2) is 48.8 Å². The van der Waals surface area contributed by atoms with Gasteiger partial charge < -0.3 is 9.30 Å². The molecular formula is C18H18BrN3. The Morgan fingerprint density at radius 1 is 1.05 bits per heavy atom. The van der Waals surface area contributed by atoms with Crippen LogP contribution in [-0.4, -0.2) is 22.5 Å². The normalized spacial score (nSPS) is 14.9. The molecule has 112 valence electrons. The highest BCUT2D eigenvalue weighted by molar-refractivity contribution is 9.08. The van der Waals surface area contributed by atoms with Crippen molar-refractivity contribution in [1.29, 1.82) is 0 Å². The van der Waals surface area contributed by atoms with E-state index in [1.807, 2.05) is 0 Å². The molecule has 1 saturated heterocycles. The number of rotatable bonds is 3. The molecule has 1 aliphatic rings. The van der Waals surface area contributed by atoms with Crippen LogP contribution in [0.4, 0.5) is 5.69 Å². The van der Waals surface area contributed by atoms with Gasteiger partial charge in [0.2, 0.25) is 0 Å². The summed E-state index contributed by atoms with van der Waals surface area (Å²) in [7, 11) is 0. The molecule has 3 heterocycles. The average molecular weight is 356 g/mol.